The lowest BCUT2D eigenvalue weighted by Gasteiger charge is -2.28. The Bertz CT molecular complexity index is 899. The van der Waals surface area contributed by atoms with Crippen molar-refractivity contribution in [3.8, 4) is 0 Å². The van der Waals surface area contributed by atoms with Crippen molar-refractivity contribution in [2.45, 2.75) is 31.2 Å². The van der Waals surface area contributed by atoms with Crippen LogP contribution in [0.4, 0.5) is 0 Å². The second-order valence-electron chi connectivity index (χ2n) is 6.00. The van der Waals surface area contributed by atoms with E-state index < -0.39 is 10.0 Å². The molecular formula is C15H18N4O3S. The summed E-state index contributed by atoms with van der Waals surface area (Å²) in [4.78, 5) is 16.7. The van der Waals surface area contributed by atoms with Crippen molar-refractivity contribution in [1.82, 2.24) is 19.2 Å². The first kappa shape index (κ1) is 14.6. The lowest BCUT2D eigenvalue weighted by molar-refractivity contribution is 0.0962. The number of nitrogens with one attached hydrogen (secondary N) is 1. The molecular weight excluding hydrogens is 316 g/mol. The molecule has 1 saturated carbocycles. The maximum atomic E-state index is 12.5. The standard InChI is InChI=1S/C15H18N4O3S/c1-16-15(20)13-11-3-2-6-17-14(11)19-8-7-18(9-12(13)19)23(21,22)10-4-5-10/h2-3,6,10H,4-5,7-9H2,1H3,(H,16,20). The molecule has 8 heteroatoms. The summed E-state index contributed by atoms with van der Waals surface area (Å²) in [5, 5.41) is 3.19. The molecule has 0 unspecified atom stereocenters. The van der Waals surface area contributed by atoms with Gasteiger partial charge in [0.2, 0.25) is 10.0 Å². The third-order valence-electron chi connectivity index (χ3n) is 4.58. The molecule has 0 saturated heterocycles. The van der Waals surface area contributed by atoms with Gasteiger partial charge in [-0.05, 0) is 25.0 Å². The second-order valence-corrected chi connectivity index (χ2v) is 8.22. The molecule has 1 amide bonds. The van der Waals surface area contributed by atoms with Gasteiger partial charge in [0.05, 0.1) is 17.4 Å². The van der Waals surface area contributed by atoms with Gasteiger partial charge < -0.3 is 9.88 Å². The van der Waals surface area contributed by atoms with E-state index in [2.05, 4.69) is 10.3 Å². The van der Waals surface area contributed by atoms with E-state index in [9.17, 15) is 13.2 Å². The van der Waals surface area contributed by atoms with Crippen LogP contribution in [0.5, 0.6) is 0 Å². The van der Waals surface area contributed by atoms with Crippen molar-refractivity contribution >= 4 is 27.0 Å². The molecule has 23 heavy (non-hydrogen) atoms. The summed E-state index contributed by atoms with van der Waals surface area (Å²) in [6.45, 7) is 1.18. The predicted octanol–water partition coefficient (Wildman–Crippen LogP) is 0.704. The number of nitrogens with zero attached hydrogens (tertiary/aromatic N) is 3. The largest absolute Gasteiger partial charge is 0.355 e. The fourth-order valence-corrected chi connectivity index (χ4v) is 5.05. The lowest BCUT2D eigenvalue weighted by atomic mass is 10.1. The van der Waals surface area contributed by atoms with Crippen molar-refractivity contribution in [3.05, 3.63) is 29.6 Å². The average Bonchev–Trinajstić information content (AvgIpc) is 3.37. The van der Waals surface area contributed by atoms with Crippen LogP contribution in [0.2, 0.25) is 0 Å². The van der Waals surface area contributed by atoms with Gasteiger partial charge >= 0.3 is 0 Å². The smallest absolute Gasteiger partial charge is 0.253 e. The fraction of sp³-hybridized carbons (Fsp3) is 0.467. The number of carbonyl (C=O) groups is 1. The van der Waals surface area contributed by atoms with Gasteiger partial charge in [0.1, 0.15) is 5.65 Å². The zero-order valence-electron chi connectivity index (χ0n) is 12.8. The molecule has 1 N–H and O–H groups in total. The predicted molar refractivity (Wildman–Crippen MR) is 85.5 cm³/mol. The third-order valence-corrected chi connectivity index (χ3v) is 6.93. The molecule has 3 heterocycles. The van der Waals surface area contributed by atoms with E-state index >= 15 is 0 Å². The minimum absolute atomic E-state index is 0.206. The maximum absolute atomic E-state index is 12.5. The Morgan fingerprint density at radius 3 is 2.83 bits per heavy atom. The summed E-state index contributed by atoms with van der Waals surface area (Å²) < 4.78 is 28.5. The summed E-state index contributed by atoms with van der Waals surface area (Å²) in [6.07, 6.45) is 3.17. The van der Waals surface area contributed by atoms with Crippen LogP contribution in [-0.4, -0.2) is 47.0 Å². The second kappa shape index (κ2) is 5.04. The van der Waals surface area contributed by atoms with E-state index in [4.69, 9.17) is 0 Å². The third kappa shape index (κ3) is 2.16. The average molecular weight is 334 g/mol. The van der Waals surface area contributed by atoms with Gasteiger partial charge in [-0.25, -0.2) is 13.4 Å². The van der Waals surface area contributed by atoms with Gasteiger partial charge in [0, 0.05) is 37.4 Å². The minimum atomic E-state index is -3.25. The minimum Gasteiger partial charge on any atom is -0.355 e. The van der Waals surface area contributed by atoms with E-state index in [-0.39, 0.29) is 17.7 Å². The van der Waals surface area contributed by atoms with Gasteiger partial charge in [-0.2, -0.15) is 4.31 Å². The number of sulfonamides is 1. The Hall–Kier alpha value is -1.93. The Morgan fingerprint density at radius 1 is 1.35 bits per heavy atom. The van der Waals surface area contributed by atoms with Crippen molar-refractivity contribution in [2.24, 2.45) is 0 Å². The SMILES string of the molecule is CNC(=O)c1c2n(c3ncccc13)CCN(S(=O)(=O)C1CC1)C2. The summed E-state index contributed by atoms with van der Waals surface area (Å²) in [7, 11) is -1.67. The molecule has 7 nitrogen and oxygen atoms in total. The van der Waals surface area contributed by atoms with Crippen molar-refractivity contribution < 1.29 is 13.2 Å². The topological polar surface area (TPSA) is 84.3 Å². The monoisotopic (exact) mass is 334 g/mol. The zero-order chi connectivity index (χ0) is 16.2. The van der Waals surface area contributed by atoms with Crippen LogP contribution >= 0.6 is 0 Å². The Labute approximate surface area is 134 Å². The van der Waals surface area contributed by atoms with Gasteiger partial charge in [-0.1, -0.05) is 0 Å². The first-order valence-electron chi connectivity index (χ1n) is 7.71. The highest BCUT2D eigenvalue weighted by Gasteiger charge is 2.42. The van der Waals surface area contributed by atoms with E-state index in [0.717, 1.165) is 29.6 Å². The quantitative estimate of drug-likeness (QED) is 0.896. The summed E-state index contributed by atoms with van der Waals surface area (Å²) in [5.41, 5.74) is 2.00. The molecule has 0 radical (unpaired) electrons. The van der Waals surface area contributed by atoms with Crippen LogP contribution in [0, 0.1) is 0 Å². The molecule has 122 valence electrons. The molecule has 1 fully saturated rings. The van der Waals surface area contributed by atoms with Crippen LogP contribution < -0.4 is 5.32 Å². The molecule has 1 aliphatic carbocycles. The number of fused-ring (bicyclic) bond motifs is 3. The Morgan fingerprint density at radius 2 is 2.13 bits per heavy atom. The number of amides is 1. The molecule has 0 bridgehead atoms. The van der Waals surface area contributed by atoms with Crippen LogP contribution in [0.15, 0.2) is 18.3 Å². The first-order chi connectivity index (χ1) is 11.0. The summed E-state index contributed by atoms with van der Waals surface area (Å²) in [6, 6.07) is 3.65. The van der Waals surface area contributed by atoms with Gasteiger partial charge in [-0.15, -0.1) is 0 Å². The highest BCUT2D eigenvalue weighted by atomic mass is 32.2. The molecule has 2 aliphatic rings. The number of hydrogen-bond donors (Lipinski definition) is 1. The zero-order valence-corrected chi connectivity index (χ0v) is 13.6. The summed E-state index contributed by atoms with van der Waals surface area (Å²) >= 11 is 0. The Kier molecular flexibility index (Phi) is 3.21. The van der Waals surface area contributed by atoms with Crippen molar-refractivity contribution in [2.75, 3.05) is 13.6 Å². The van der Waals surface area contributed by atoms with Gasteiger partial charge in [0.15, 0.2) is 0 Å². The van der Waals surface area contributed by atoms with Crippen LogP contribution in [0.25, 0.3) is 11.0 Å². The van der Waals surface area contributed by atoms with Gasteiger partial charge in [0.25, 0.3) is 5.91 Å². The van der Waals surface area contributed by atoms with E-state index in [1.165, 1.54) is 4.31 Å². The lowest BCUT2D eigenvalue weighted by Crippen LogP contribution is -2.40. The van der Waals surface area contributed by atoms with Crippen LogP contribution in [0.3, 0.4) is 0 Å². The number of hydrogen-bond acceptors (Lipinski definition) is 4. The number of aromatic nitrogens is 2. The van der Waals surface area contributed by atoms with Gasteiger partial charge in [-0.3, -0.25) is 4.79 Å². The highest BCUT2D eigenvalue weighted by molar-refractivity contribution is 7.90. The normalized spacial score (nSPS) is 18.8. The summed E-state index contributed by atoms with van der Waals surface area (Å²) in [5.74, 6) is -0.206. The van der Waals surface area contributed by atoms with Crippen LogP contribution in [-0.2, 0) is 23.1 Å². The van der Waals surface area contributed by atoms with Crippen molar-refractivity contribution in [3.63, 3.8) is 0 Å². The molecule has 4 rings (SSSR count). The molecule has 1 aliphatic heterocycles. The highest BCUT2D eigenvalue weighted by Crippen LogP contribution is 2.35. The number of pyridine rings is 1. The van der Waals surface area contributed by atoms with E-state index in [1.807, 2.05) is 10.6 Å². The number of carbonyl (C=O) groups excluding carboxylic acids is 1. The maximum Gasteiger partial charge on any atom is 0.253 e. The first-order valence-corrected chi connectivity index (χ1v) is 9.21. The fourth-order valence-electron chi connectivity index (χ4n) is 3.26. The van der Waals surface area contributed by atoms with Crippen LogP contribution in [0.1, 0.15) is 28.9 Å². The molecule has 0 aromatic carbocycles. The van der Waals surface area contributed by atoms with E-state index in [1.54, 1.807) is 19.3 Å². The number of rotatable bonds is 3. The molecule has 0 atom stereocenters. The molecule has 2 aromatic rings. The molecule has 2 aromatic heterocycles. The Balaban J connectivity index is 1.85. The van der Waals surface area contributed by atoms with Crippen molar-refractivity contribution in [1.29, 1.82) is 0 Å². The molecule has 0 spiro atoms. The van der Waals surface area contributed by atoms with E-state index in [0.29, 0.717) is 18.7 Å².